The molecule has 0 bridgehead atoms. The molecular formula is C23H20F3N3O2. The van der Waals surface area contributed by atoms with Crippen LogP contribution in [-0.2, 0) is 30.4 Å². The highest BCUT2D eigenvalue weighted by Gasteiger charge is 2.30. The van der Waals surface area contributed by atoms with Gasteiger partial charge in [-0.05, 0) is 36.1 Å². The maximum absolute atomic E-state index is 13.0. The Balaban J connectivity index is 1.48. The SMILES string of the molecule is O=C(c1ccc(C(F)(F)F)cc1)c1cccc2c1CCN(C(=O)CCc1cnc[nH]1)C2. The second-order valence-corrected chi connectivity index (χ2v) is 7.49. The van der Waals surface area contributed by atoms with Crippen molar-refractivity contribution in [2.75, 3.05) is 6.54 Å². The van der Waals surface area contributed by atoms with Crippen molar-refractivity contribution >= 4 is 11.7 Å². The van der Waals surface area contributed by atoms with Crippen LogP contribution in [0.4, 0.5) is 13.2 Å². The van der Waals surface area contributed by atoms with Crippen LogP contribution in [0.3, 0.4) is 0 Å². The Morgan fingerprint density at radius 2 is 1.87 bits per heavy atom. The number of H-pyrrole nitrogens is 1. The van der Waals surface area contributed by atoms with Gasteiger partial charge in [0.15, 0.2) is 5.78 Å². The van der Waals surface area contributed by atoms with Gasteiger partial charge in [-0.1, -0.05) is 30.3 Å². The molecule has 0 saturated heterocycles. The molecule has 31 heavy (non-hydrogen) atoms. The Bertz CT molecular complexity index is 1090. The van der Waals surface area contributed by atoms with Crippen molar-refractivity contribution < 1.29 is 22.8 Å². The monoisotopic (exact) mass is 427 g/mol. The Morgan fingerprint density at radius 1 is 1.10 bits per heavy atom. The number of hydrogen-bond donors (Lipinski definition) is 1. The van der Waals surface area contributed by atoms with E-state index in [-0.39, 0.29) is 17.3 Å². The average Bonchev–Trinajstić information content (AvgIpc) is 3.29. The quantitative estimate of drug-likeness (QED) is 0.622. The van der Waals surface area contributed by atoms with Crippen molar-refractivity contribution in [1.82, 2.24) is 14.9 Å². The van der Waals surface area contributed by atoms with E-state index in [0.29, 0.717) is 37.9 Å². The molecule has 3 aromatic rings. The Morgan fingerprint density at radius 3 is 2.55 bits per heavy atom. The number of alkyl halides is 3. The van der Waals surface area contributed by atoms with Crippen LogP contribution in [0, 0.1) is 0 Å². The van der Waals surface area contributed by atoms with Gasteiger partial charge >= 0.3 is 6.18 Å². The van der Waals surface area contributed by atoms with Gasteiger partial charge in [-0.25, -0.2) is 4.98 Å². The summed E-state index contributed by atoms with van der Waals surface area (Å²) in [6.45, 7) is 0.900. The molecule has 2 aromatic carbocycles. The van der Waals surface area contributed by atoms with Crippen LogP contribution in [0.5, 0.6) is 0 Å². The van der Waals surface area contributed by atoms with E-state index in [1.54, 1.807) is 29.6 Å². The highest BCUT2D eigenvalue weighted by Crippen LogP contribution is 2.30. The van der Waals surface area contributed by atoms with Crippen molar-refractivity contribution in [3.05, 3.63) is 88.5 Å². The van der Waals surface area contributed by atoms with E-state index in [4.69, 9.17) is 0 Å². The molecule has 2 heterocycles. The second-order valence-electron chi connectivity index (χ2n) is 7.49. The summed E-state index contributed by atoms with van der Waals surface area (Å²) in [6, 6.07) is 9.57. The lowest BCUT2D eigenvalue weighted by molar-refractivity contribution is -0.137. The van der Waals surface area contributed by atoms with Gasteiger partial charge in [-0.3, -0.25) is 9.59 Å². The van der Waals surface area contributed by atoms with Crippen LogP contribution < -0.4 is 0 Å². The number of hydrogen-bond acceptors (Lipinski definition) is 3. The van der Waals surface area contributed by atoms with E-state index in [2.05, 4.69) is 9.97 Å². The second kappa shape index (κ2) is 8.37. The number of fused-ring (bicyclic) bond motifs is 1. The number of aromatic nitrogens is 2. The fourth-order valence-corrected chi connectivity index (χ4v) is 3.82. The summed E-state index contributed by atoms with van der Waals surface area (Å²) in [5.74, 6) is -0.288. The number of benzene rings is 2. The highest BCUT2D eigenvalue weighted by molar-refractivity contribution is 6.10. The smallest absolute Gasteiger partial charge is 0.348 e. The summed E-state index contributed by atoms with van der Waals surface area (Å²) >= 11 is 0. The zero-order valence-corrected chi connectivity index (χ0v) is 16.6. The first-order chi connectivity index (χ1) is 14.8. The first-order valence-corrected chi connectivity index (χ1v) is 9.90. The lowest BCUT2D eigenvalue weighted by Crippen LogP contribution is -2.36. The third-order valence-corrected chi connectivity index (χ3v) is 5.50. The van der Waals surface area contributed by atoms with Crippen molar-refractivity contribution in [3.63, 3.8) is 0 Å². The van der Waals surface area contributed by atoms with Crippen molar-refractivity contribution in [2.24, 2.45) is 0 Å². The van der Waals surface area contributed by atoms with Crippen LogP contribution in [0.15, 0.2) is 55.0 Å². The lowest BCUT2D eigenvalue weighted by Gasteiger charge is -2.30. The summed E-state index contributed by atoms with van der Waals surface area (Å²) in [5.41, 5.74) is 2.53. The third-order valence-electron chi connectivity index (χ3n) is 5.50. The van der Waals surface area contributed by atoms with Crippen LogP contribution in [0.2, 0.25) is 0 Å². The summed E-state index contributed by atoms with van der Waals surface area (Å²) in [4.78, 5) is 34.2. The van der Waals surface area contributed by atoms with Crippen molar-refractivity contribution in [2.45, 2.75) is 32.0 Å². The maximum atomic E-state index is 13.0. The zero-order chi connectivity index (χ0) is 22.0. The maximum Gasteiger partial charge on any atom is 0.416 e. The van der Waals surface area contributed by atoms with Gasteiger partial charge in [-0.15, -0.1) is 0 Å². The lowest BCUT2D eigenvalue weighted by atomic mass is 9.90. The largest absolute Gasteiger partial charge is 0.416 e. The van der Waals surface area contributed by atoms with Gasteiger partial charge < -0.3 is 9.88 Å². The molecule has 160 valence electrons. The van der Waals surface area contributed by atoms with Gasteiger partial charge in [0.2, 0.25) is 5.91 Å². The minimum Gasteiger partial charge on any atom is -0.348 e. The molecule has 0 atom stereocenters. The number of amides is 1. The number of imidazole rings is 1. The molecule has 0 fully saturated rings. The van der Waals surface area contributed by atoms with E-state index in [0.717, 1.165) is 29.0 Å². The van der Waals surface area contributed by atoms with Gasteiger partial charge in [0.25, 0.3) is 0 Å². The first kappa shape index (κ1) is 20.8. The molecule has 1 aliphatic rings. The standard InChI is InChI=1S/C23H20F3N3O2/c24-23(25,26)17-6-4-15(5-7-17)22(31)20-3-1-2-16-13-29(11-10-19(16)20)21(30)9-8-18-12-27-14-28-18/h1-7,12,14H,8-11,13H2,(H,27,28). The summed E-state index contributed by atoms with van der Waals surface area (Å²) in [6.07, 6.45) is 0.287. The molecule has 0 aliphatic carbocycles. The predicted octanol–water partition coefficient (Wildman–Crippen LogP) is 4.18. The molecule has 0 unspecified atom stereocenters. The number of halogens is 3. The summed E-state index contributed by atoms with van der Waals surface area (Å²) in [7, 11) is 0. The van der Waals surface area contributed by atoms with E-state index in [1.807, 2.05) is 6.07 Å². The van der Waals surface area contributed by atoms with Crippen molar-refractivity contribution in [1.29, 1.82) is 0 Å². The molecule has 1 aliphatic heterocycles. The summed E-state index contributed by atoms with van der Waals surface area (Å²) < 4.78 is 38.4. The molecule has 0 spiro atoms. The molecule has 0 saturated carbocycles. The number of carbonyl (C=O) groups is 2. The van der Waals surface area contributed by atoms with Gasteiger partial charge in [0.1, 0.15) is 0 Å². The molecule has 1 amide bonds. The number of aryl methyl sites for hydroxylation is 1. The van der Waals surface area contributed by atoms with E-state index < -0.39 is 11.7 Å². The fourth-order valence-electron chi connectivity index (χ4n) is 3.82. The fraction of sp³-hybridized carbons (Fsp3) is 0.261. The first-order valence-electron chi connectivity index (χ1n) is 9.90. The molecule has 1 aromatic heterocycles. The third kappa shape index (κ3) is 4.52. The number of aromatic amines is 1. The highest BCUT2D eigenvalue weighted by atomic mass is 19.4. The number of carbonyl (C=O) groups excluding carboxylic acids is 2. The predicted molar refractivity (Wildman–Crippen MR) is 107 cm³/mol. The van der Waals surface area contributed by atoms with Crippen LogP contribution in [0.25, 0.3) is 0 Å². The van der Waals surface area contributed by atoms with Crippen LogP contribution in [-0.4, -0.2) is 33.1 Å². The molecule has 0 radical (unpaired) electrons. The number of nitrogens with zero attached hydrogens (tertiary/aromatic N) is 2. The average molecular weight is 427 g/mol. The normalized spacial score (nSPS) is 13.7. The van der Waals surface area contributed by atoms with E-state index in [1.165, 1.54) is 12.1 Å². The van der Waals surface area contributed by atoms with Crippen LogP contribution >= 0.6 is 0 Å². The number of nitrogens with one attached hydrogen (secondary N) is 1. The Kier molecular flexibility index (Phi) is 5.63. The topological polar surface area (TPSA) is 66.1 Å². The Hall–Kier alpha value is -3.42. The van der Waals surface area contributed by atoms with Gasteiger partial charge in [0.05, 0.1) is 11.9 Å². The van der Waals surface area contributed by atoms with E-state index in [9.17, 15) is 22.8 Å². The Labute approximate surface area is 176 Å². The molecule has 4 rings (SSSR count). The van der Waals surface area contributed by atoms with Crippen LogP contribution in [0.1, 0.15) is 44.7 Å². The number of rotatable bonds is 5. The van der Waals surface area contributed by atoms with Crippen molar-refractivity contribution in [3.8, 4) is 0 Å². The van der Waals surface area contributed by atoms with E-state index >= 15 is 0 Å². The molecule has 1 N–H and O–H groups in total. The van der Waals surface area contributed by atoms with Gasteiger partial charge in [0, 0.05) is 42.5 Å². The molecular weight excluding hydrogens is 407 g/mol. The van der Waals surface area contributed by atoms with Gasteiger partial charge in [-0.2, -0.15) is 13.2 Å². The minimum atomic E-state index is -4.44. The number of ketones is 1. The summed E-state index contributed by atoms with van der Waals surface area (Å²) in [5, 5.41) is 0. The zero-order valence-electron chi connectivity index (χ0n) is 16.6. The molecule has 8 heteroatoms. The minimum absolute atomic E-state index is 0.0275. The molecule has 5 nitrogen and oxygen atoms in total.